The van der Waals surface area contributed by atoms with Gasteiger partial charge in [-0.3, -0.25) is 14.9 Å². The Labute approximate surface area is 212 Å². The van der Waals surface area contributed by atoms with Crippen LogP contribution in [0.3, 0.4) is 0 Å². The van der Waals surface area contributed by atoms with Crippen LogP contribution < -0.4 is 14.9 Å². The third kappa shape index (κ3) is 6.19. The monoisotopic (exact) mass is 501 g/mol. The van der Waals surface area contributed by atoms with Crippen LogP contribution in [0.4, 0.5) is 5.69 Å². The van der Waals surface area contributed by atoms with Crippen molar-refractivity contribution in [1.29, 1.82) is 0 Å². The highest BCUT2D eigenvalue weighted by molar-refractivity contribution is 8.00. The van der Waals surface area contributed by atoms with Crippen LogP contribution >= 0.6 is 11.8 Å². The third-order valence-corrected chi connectivity index (χ3v) is 6.32. The van der Waals surface area contributed by atoms with Gasteiger partial charge in [-0.15, -0.1) is 11.8 Å². The van der Waals surface area contributed by atoms with E-state index in [9.17, 15) is 14.9 Å². The van der Waals surface area contributed by atoms with Crippen molar-refractivity contribution in [3.05, 3.63) is 106 Å². The summed E-state index contributed by atoms with van der Waals surface area (Å²) in [5, 5.41) is 17.8. The van der Waals surface area contributed by atoms with Crippen molar-refractivity contribution in [2.45, 2.75) is 11.5 Å². The second-order valence-corrected chi connectivity index (χ2v) is 8.67. The van der Waals surface area contributed by atoms with Gasteiger partial charge in [-0.1, -0.05) is 66.7 Å². The lowest BCUT2D eigenvalue weighted by molar-refractivity contribution is -0.385. The predicted molar refractivity (Wildman–Crippen MR) is 141 cm³/mol. The Kier molecular flexibility index (Phi) is 8.15. The van der Waals surface area contributed by atoms with Crippen LogP contribution in [0.1, 0.15) is 11.1 Å². The van der Waals surface area contributed by atoms with Crippen LogP contribution in [0.25, 0.3) is 10.8 Å². The van der Waals surface area contributed by atoms with Crippen molar-refractivity contribution in [3.63, 3.8) is 0 Å². The molecule has 0 aromatic heterocycles. The lowest BCUT2D eigenvalue weighted by Crippen LogP contribution is -2.19. The highest BCUT2D eigenvalue weighted by atomic mass is 32.2. The Morgan fingerprint density at radius 1 is 1.03 bits per heavy atom. The van der Waals surface area contributed by atoms with Gasteiger partial charge in [0.1, 0.15) is 6.61 Å². The number of amides is 1. The molecule has 0 heterocycles. The minimum absolute atomic E-state index is 0.142. The van der Waals surface area contributed by atoms with Gasteiger partial charge in [0, 0.05) is 4.90 Å². The number of hydrogen-bond donors (Lipinski definition) is 1. The number of carbonyl (C=O) groups excluding carboxylic acids is 1. The zero-order valence-corrected chi connectivity index (χ0v) is 20.2. The molecule has 0 aliphatic heterocycles. The van der Waals surface area contributed by atoms with Gasteiger partial charge >= 0.3 is 0 Å². The maximum Gasteiger partial charge on any atom is 0.282 e. The number of hydrogen-bond acceptors (Lipinski definition) is 7. The summed E-state index contributed by atoms with van der Waals surface area (Å²) in [6.07, 6.45) is 1.22. The van der Waals surface area contributed by atoms with Gasteiger partial charge in [-0.25, -0.2) is 5.43 Å². The maximum atomic E-state index is 12.3. The average Bonchev–Trinajstić information content (AvgIpc) is 2.91. The molecule has 8 nitrogen and oxygen atoms in total. The molecule has 4 aromatic carbocycles. The molecule has 0 spiro atoms. The zero-order chi connectivity index (χ0) is 25.3. The lowest BCUT2D eigenvalue weighted by Gasteiger charge is -2.12. The Bertz CT molecular complexity index is 1400. The summed E-state index contributed by atoms with van der Waals surface area (Å²) in [6, 6.07) is 26.1. The van der Waals surface area contributed by atoms with Crippen molar-refractivity contribution in [3.8, 4) is 11.5 Å². The molecule has 0 bridgehead atoms. The number of thioether (sulfide) groups is 1. The molecular weight excluding hydrogens is 478 g/mol. The third-order valence-electron chi connectivity index (χ3n) is 5.25. The van der Waals surface area contributed by atoms with E-state index in [1.807, 2.05) is 72.8 Å². The van der Waals surface area contributed by atoms with Gasteiger partial charge in [0.15, 0.2) is 11.5 Å². The van der Waals surface area contributed by atoms with Gasteiger partial charge < -0.3 is 9.47 Å². The Balaban J connectivity index is 1.42. The molecular formula is C27H23N3O5S. The molecule has 0 atom stereocenters. The number of fused-ring (bicyclic) bond motifs is 1. The van der Waals surface area contributed by atoms with Crippen molar-refractivity contribution >= 4 is 40.3 Å². The molecule has 0 unspecified atom stereocenters. The number of nitro benzene ring substituents is 1. The molecule has 0 aliphatic rings. The fraction of sp³-hybridized carbons (Fsp3) is 0.111. The minimum Gasteiger partial charge on any atom is -0.493 e. The second kappa shape index (κ2) is 11.9. The molecule has 0 saturated heterocycles. The summed E-state index contributed by atoms with van der Waals surface area (Å²) in [4.78, 5) is 24.5. The van der Waals surface area contributed by atoms with E-state index in [4.69, 9.17) is 9.47 Å². The molecule has 0 saturated carbocycles. The van der Waals surface area contributed by atoms with Crippen LogP contribution in [0.15, 0.2) is 94.9 Å². The molecule has 0 radical (unpaired) electrons. The number of nitrogens with one attached hydrogen (secondary N) is 1. The number of methoxy groups -OCH3 is 1. The first-order valence-corrected chi connectivity index (χ1v) is 12.0. The molecule has 1 N–H and O–H groups in total. The highest BCUT2D eigenvalue weighted by Crippen LogP contribution is 2.34. The highest BCUT2D eigenvalue weighted by Gasteiger charge is 2.19. The minimum atomic E-state index is -0.533. The van der Waals surface area contributed by atoms with Gasteiger partial charge in [-0.2, -0.15) is 5.10 Å². The molecule has 0 aliphatic carbocycles. The first kappa shape index (κ1) is 24.7. The van der Waals surface area contributed by atoms with Gasteiger partial charge in [0.2, 0.25) is 5.91 Å². The molecule has 4 rings (SSSR count). The van der Waals surface area contributed by atoms with Crippen LogP contribution in [0.5, 0.6) is 11.5 Å². The topological polar surface area (TPSA) is 103 Å². The SMILES string of the molecule is COc1cc(C=NNC(=O)CSc2cccc3ccccc23)c([N+](=O)[O-])cc1OCc1ccccc1. The van der Waals surface area contributed by atoms with E-state index in [2.05, 4.69) is 10.5 Å². The molecule has 182 valence electrons. The van der Waals surface area contributed by atoms with Crippen LogP contribution in [-0.2, 0) is 11.4 Å². The zero-order valence-electron chi connectivity index (χ0n) is 19.4. The number of carbonyl (C=O) groups is 1. The number of benzene rings is 4. The van der Waals surface area contributed by atoms with Crippen molar-refractivity contribution < 1.29 is 19.2 Å². The molecule has 9 heteroatoms. The lowest BCUT2D eigenvalue weighted by atomic mass is 10.1. The van der Waals surface area contributed by atoms with E-state index in [-0.39, 0.29) is 35.3 Å². The van der Waals surface area contributed by atoms with Gasteiger partial charge in [0.25, 0.3) is 5.69 Å². The largest absolute Gasteiger partial charge is 0.493 e. The number of nitrogens with zero attached hydrogens (tertiary/aromatic N) is 2. The molecule has 36 heavy (non-hydrogen) atoms. The van der Waals surface area contributed by atoms with E-state index in [0.717, 1.165) is 21.2 Å². The van der Waals surface area contributed by atoms with E-state index >= 15 is 0 Å². The van der Waals surface area contributed by atoms with E-state index in [0.29, 0.717) is 5.75 Å². The second-order valence-electron chi connectivity index (χ2n) is 7.65. The standard InChI is InChI=1S/C27H23N3O5S/c1-34-24-14-21(23(30(32)33)15-25(24)35-17-19-8-3-2-4-9-19)16-28-29-27(31)18-36-26-13-7-11-20-10-5-6-12-22(20)26/h2-16H,17-18H2,1H3,(H,29,31). The fourth-order valence-corrected chi connectivity index (χ4v) is 4.37. The van der Waals surface area contributed by atoms with E-state index < -0.39 is 4.92 Å². The number of nitro groups is 1. The van der Waals surface area contributed by atoms with Crippen LogP contribution in [-0.4, -0.2) is 29.9 Å². The molecule has 0 fully saturated rings. The van der Waals surface area contributed by atoms with Crippen LogP contribution in [0, 0.1) is 10.1 Å². The maximum absolute atomic E-state index is 12.3. The van der Waals surface area contributed by atoms with Crippen molar-refractivity contribution in [2.75, 3.05) is 12.9 Å². The summed E-state index contributed by atoms with van der Waals surface area (Å²) in [5.41, 5.74) is 3.29. The quantitative estimate of drug-likeness (QED) is 0.132. The number of hydrazone groups is 1. The van der Waals surface area contributed by atoms with Gasteiger partial charge in [-0.05, 0) is 28.5 Å². The predicted octanol–water partition coefficient (Wildman–Crippen LogP) is 5.58. The Morgan fingerprint density at radius 3 is 2.56 bits per heavy atom. The number of rotatable bonds is 10. The molecule has 1 amide bonds. The molecule has 4 aromatic rings. The number of ether oxygens (including phenoxy) is 2. The first-order valence-electron chi connectivity index (χ1n) is 11.0. The summed E-state index contributed by atoms with van der Waals surface area (Å²) in [5.74, 6) is 0.362. The normalized spacial score (nSPS) is 10.9. The Hall–Kier alpha value is -4.37. The summed E-state index contributed by atoms with van der Waals surface area (Å²) < 4.78 is 11.1. The van der Waals surface area contributed by atoms with Crippen molar-refractivity contribution in [1.82, 2.24) is 5.43 Å². The first-order chi connectivity index (χ1) is 17.5. The van der Waals surface area contributed by atoms with E-state index in [1.165, 1.54) is 37.2 Å². The summed E-state index contributed by atoms with van der Waals surface area (Å²) >= 11 is 1.39. The smallest absolute Gasteiger partial charge is 0.282 e. The van der Waals surface area contributed by atoms with Crippen molar-refractivity contribution in [2.24, 2.45) is 5.10 Å². The fourth-order valence-electron chi connectivity index (χ4n) is 3.51. The summed E-state index contributed by atoms with van der Waals surface area (Å²) in [7, 11) is 1.45. The summed E-state index contributed by atoms with van der Waals surface area (Å²) in [6.45, 7) is 0.228. The van der Waals surface area contributed by atoms with Gasteiger partial charge in [0.05, 0.1) is 35.6 Å². The average molecular weight is 502 g/mol. The van der Waals surface area contributed by atoms with Crippen LogP contribution in [0.2, 0.25) is 0 Å². The Morgan fingerprint density at radius 2 is 1.78 bits per heavy atom. The van der Waals surface area contributed by atoms with E-state index in [1.54, 1.807) is 0 Å².